The van der Waals surface area contributed by atoms with E-state index in [1.807, 2.05) is 0 Å². The molecule has 96 valence electrons. The SMILES string of the molecule is CC(C)(C)Cc1ccc(C(O)C(C)(C)C)cc1. The normalized spacial score (nSPS) is 14.8. The van der Waals surface area contributed by atoms with E-state index in [-0.39, 0.29) is 5.41 Å². The van der Waals surface area contributed by atoms with Crippen LogP contribution in [0.3, 0.4) is 0 Å². The van der Waals surface area contributed by atoms with Gasteiger partial charge >= 0.3 is 0 Å². The van der Waals surface area contributed by atoms with Crippen molar-refractivity contribution in [1.82, 2.24) is 0 Å². The summed E-state index contributed by atoms with van der Waals surface area (Å²) >= 11 is 0. The topological polar surface area (TPSA) is 20.2 Å². The molecule has 0 aliphatic heterocycles. The number of aliphatic hydroxyl groups excluding tert-OH is 1. The highest BCUT2D eigenvalue weighted by Crippen LogP contribution is 2.32. The highest BCUT2D eigenvalue weighted by molar-refractivity contribution is 5.25. The molecule has 0 amide bonds. The Morgan fingerprint density at radius 1 is 0.941 bits per heavy atom. The van der Waals surface area contributed by atoms with Crippen molar-refractivity contribution in [2.24, 2.45) is 10.8 Å². The molecule has 1 aromatic carbocycles. The predicted molar refractivity (Wildman–Crippen MR) is 74.0 cm³/mol. The fraction of sp³-hybridized carbons (Fsp3) is 0.625. The van der Waals surface area contributed by atoms with Crippen LogP contribution in [0.15, 0.2) is 24.3 Å². The van der Waals surface area contributed by atoms with E-state index in [9.17, 15) is 5.11 Å². The lowest BCUT2D eigenvalue weighted by Gasteiger charge is -2.26. The van der Waals surface area contributed by atoms with E-state index in [2.05, 4.69) is 65.8 Å². The molecule has 0 aliphatic rings. The Morgan fingerprint density at radius 2 is 1.41 bits per heavy atom. The Bertz CT molecular complexity index is 349. The van der Waals surface area contributed by atoms with Crippen LogP contribution < -0.4 is 0 Å². The van der Waals surface area contributed by atoms with Gasteiger partial charge in [-0.2, -0.15) is 0 Å². The van der Waals surface area contributed by atoms with Crippen LogP contribution in [-0.4, -0.2) is 5.11 Å². The van der Waals surface area contributed by atoms with Crippen LogP contribution in [0, 0.1) is 10.8 Å². The van der Waals surface area contributed by atoms with Crippen LogP contribution in [0.2, 0.25) is 0 Å². The zero-order valence-corrected chi connectivity index (χ0v) is 12.0. The summed E-state index contributed by atoms with van der Waals surface area (Å²) < 4.78 is 0. The molecule has 0 aliphatic carbocycles. The van der Waals surface area contributed by atoms with Crippen LogP contribution >= 0.6 is 0 Å². The molecule has 0 fully saturated rings. The van der Waals surface area contributed by atoms with Crippen molar-refractivity contribution in [2.45, 2.75) is 54.1 Å². The third-order valence-corrected chi connectivity index (χ3v) is 2.85. The Labute approximate surface area is 106 Å². The first-order chi connectivity index (χ1) is 7.59. The average molecular weight is 234 g/mol. The van der Waals surface area contributed by atoms with Gasteiger partial charge in [0.2, 0.25) is 0 Å². The van der Waals surface area contributed by atoms with E-state index in [1.165, 1.54) is 5.56 Å². The molecule has 1 aromatic rings. The Kier molecular flexibility index (Phi) is 4.03. The van der Waals surface area contributed by atoms with Gasteiger partial charge in [0.25, 0.3) is 0 Å². The molecule has 1 rings (SSSR count). The first-order valence-corrected chi connectivity index (χ1v) is 6.36. The minimum Gasteiger partial charge on any atom is -0.388 e. The third kappa shape index (κ3) is 4.51. The zero-order valence-electron chi connectivity index (χ0n) is 12.0. The van der Waals surface area contributed by atoms with E-state index in [1.54, 1.807) is 0 Å². The molecular formula is C16H26O. The van der Waals surface area contributed by atoms with E-state index in [0.717, 1.165) is 12.0 Å². The number of benzene rings is 1. The highest BCUT2D eigenvalue weighted by Gasteiger charge is 2.23. The quantitative estimate of drug-likeness (QED) is 0.806. The van der Waals surface area contributed by atoms with Gasteiger partial charge in [0.1, 0.15) is 0 Å². The van der Waals surface area contributed by atoms with Crippen LogP contribution in [0.1, 0.15) is 58.8 Å². The van der Waals surface area contributed by atoms with Crippen LogP contribution in [0.4, 0.5) is 0 Å². The number of hydrogen-bond donors (Lipinski definition) is 1. The molecule has 0 saturated carbocycles. The second-order valence-electron chi connectivity index (χ2n) is 7.25. The molecule has 1 N–H and O–H groups in total. The maximum Gasteiger partial charge on any atom is 0.0838 e. The summed E-state index contributed by atoms with van der Waals surface area (Å²) in [7, 11) is 0. The molecule has 0 spiro atoms. The number of hydrogen-bond acceptors (Lipinski definition) is 1. The lowest BCUT2D eigenvalue weighted by molar-refractivity contribution is 0.0626. The first-order valence-electron chi connectivity index (χ1n) is 6.36. The van der Waals surface area contributed by atoms with Gasteiger partial charge in [0, 0.05) is 0 Å². The Hall–Kier alpha value is -0.820. The number of rotatable bonds is 2. The molecule has 0 saturated heterocycles. The van der Waals surface area contributed by atoms with E-state index < -0.39 is 6.10 Å². The maximum absolute atomic E-state index is 10.2. The summed E-state index contributed by atoms with van der Waals surface area (Å²) in [6.45, 7) is 12.9. The summed E-state index contributed by atoms with van der Waals surface area (Å²) in [6, 6.07) is 8.37. The van der Waals surface area contributed by atoms with Crippen molar-refractivity contribution < 1.29 is 5.11 Å². The van der Waals surface area contributed by atoms with Crippen molar-refractivity contribution in [3.63, 3.8) is 0 Å². The van der Waals surface area contributed by atoms with Crippen LogP contribution in [-0.2, 0) is 6.42 Å². The zero-order chi connectivity index (χ0) is 13.3. The monoisotopic (exact) mass is 234 g/mol. The van der Waals surface area contributed by atoms with E-state index >= 15 is 0 Å². The van der Waals surface area contributed by atoms with Gasteiger partial charge < -0.3 is 5.11 Å². The van der Waals surface area contributed by atoms with Gasteiger partial charge in [-0.05, 0) is 28.4 Å². The fourth-order valence-electron chi connectivity index (χ4n) is 1.93. The molecule has 1 heteroatoms. The summed E-state index contributed by atoms with van der Waals surface area (Å²) in [5.41, 5.74) is 2.55. The Balaban J connectivity index is 2.82. The van der Waals surface area contributed by atoms with Gasteiger partial charge in [-0.15, -0.1) is 0 Å². The van der Waals surface area contributed by atoms with Gasteiger partial charge in [-0.3, -0.25) is 0 Å². The lowest BCUT2D eigenvalue weighted by atomic mass is 9.83. The van der Waals surface area contributed by atoms with Crippen LogP contribution in [0.25, 0.3) is 0 Å². The molecule has 0 radical (unpaired) electrons. The molecule has 1 nitrogen and oxygen atoms in total. The second kappa shape index (κ2) is 4.81. The molecule has 1 unspecified atom stereocenters. The summed E-state index contributed by atoms with van der Waals surface area (Å²) in [5.74, 6) is 0. The lowest BCUT2D eigenvalue weighted by Crippen LogP contribution is -2.17. The van der Waals surface area contributed by atoms with Crippen molar-refractivity contribution in [2.75, 3.05) is 0 Å². The van der Waals surface area contributed by atoms with Gasteiger partial charge in [-0.25, -0.2) is 0 Å². The third-order valence-electron chi connectivity index (χ3n) is 2.85. The minimum absolute atomic E-state index is 0.106. The molecule has 0 bridgehead atoms. The molecule has 0 heterocycles. The second-order valence-corrected chi connectivity index (χ2v) is 7.25. The van der Waals surface area contributed by atoms with Gasteiger partial charge in [0.05, 0.1) is 6.10 Å². The van der Waals surface area contributed by atoms with Gasteiger partial charge in [-0.1, -0.05) is 65.8 Å². The van der Waals surface area contributed by atoms with E-state index in [0.29, 0.717) is 5.41 Å². The summed E-state index contributed by atoms with van der Waals surface area (Å²) in [6.07, 6.45) is 0.671. The highest BCUT2D eigenvalue weighted by atomic mass is 16.3. The van der Waals surface area contributed by atoms with E-state index in [4.69, 9.17) is 0 Å². The van der Waals surface area contributed by atoms with Crippen molar-refractivity contribution in [1.29, 1.82) is 0 Å². The van der Waals surface area contributed by atoms with Crippen molar-refractivity contribution >= 4 is 0 Å². The summed E-state index contributed by atoms with van der Waals surface area (Å²) in [4.78, 5) is 0. The molecule has 17 heavy (non-hydrogen) atoms. The molecular weight excluding hydrogens is 208 g/mol. The molecule has 0 aromatic heterocycles. The Morgan fingerprint density at radius 3 is 1.76 bits per heavy atom. The fourth-order valence-corrected chi connectivity index (χ4v) is 1.93. The number of aliphatic hydroxyl groups is 1. The predicted octanol–water partition coefficient (Wildman–Crippen LogP) is 4.35. The minimum atomic E-state index is -0.397. The first kappa shape index (κ1) is 14.2. The van der Waals surface area contributed by atoms with Crippen molar-refractivity contribution in [3.8, 4) is 0 Å². The average Bonchev–Trinajstić information content (AvgIpc) is 2.14. The standard InChI is InChI=1S/C16H26O/c1-15(2,3)11-12-7-9-13(10-8-12)14(17)16(4,5)6/h7-10,14,17H,11H2,1-6H3. The maximum atomic E-state index is 10.2. The summed E-state index contributed by atoms with van der Waals surface area (Å²) in [5, 5.41) is 10.2. The molecule has 1 atom stereocenters. The van der Waals surface area contributed by atoms with Crippen LogP contribution in [0.5, 0.6) is 0 Å². The largest absolute Gasteiger partial charge is 0.388 e. The van der Waals surface area contributed by atoms with Gasteiger partial charge in [0.15, 0.2) is 0 Å². The smallest absolute Gasteiger partial charge is 0.0838 e. The van der Waals surface area contributed by atoms with Crippen molar-refractivity contribution in [3.05, 3.63) is 35.4 Å².